The maximum absolute atomic E-state index is 12.4. The van der Waals surface area contributed by atoms with Gasteiger partial charge >= 0.3 is 0 Å². The van der Waals surface area contributed by atoms with Crippen LogP contribution >= 0.6 is 0 Å². The fraction of sp³-hybridized carbons (Fsp3) is 0.250. The summed E-state index contributed by atoms with van der Waals surface area (Å²) in [5.74, 6) is 0.0426. The molecule has 3 rings (SSSR count). The first-order valence-corrected chi connectivity index (χ1v) is 8.38. The highest BCUT2D eigenvalue weighted by Crippen LogP contribution is 2.32. The Balaban J connectivity index is 1.63. The number of hydrogen-bond donors (Lipinski definition) is 1. The van der Waals surface area contributed by atoms with Crippen LogP contribution in [-0.2, 0) is 9.59 Å². The van der Waals surface area contributed by atoms with Crippen LogP contribution in [0.4, 0.5) is 11.4 Å². The van der Waals surface area contributed by atoms with E-state index < -0.39 is 0 Å². The zero-order valence-electron chi connectivity index (χ0n) is 14.7. The summed E-state index contributed by atoms with van der Waals surface area (Å²) in [5.41, 5.74) is 2.74. The van der Waals surface area contributed by atoms with Gasteiger partial charge in [0.25, 0.3) is 5.91 Å². The molecule has 6 nitrogen and oxygen atoms in total. The van der Waals surface area contributed by atoms with E-state index in [1.807, 2.05) is 31.2 Å². The molecule has 2 amide bonds. The van der Waals surface area contributed by atoms with Crippen LogP contribution in [0.3, 0.4) is 0 Å². The molecule has 0 aromatic heterocycles. The SMILES string of the molecule is Cc1ccccc1NC(=O)CCC(=O)c1ccc2c(c1)N(C)C(=O)CO2. The Morgan fingerprint density at radius 2 is 1.92 bits per heavy atom. The smallest absolute Gasteiger partial charge is 0.264 e. The van der Waals surface area contributed by atoms with E-state index in [0.29, 0.717) is 17.0 Å². The summed E-state index contributed by atoms with van der Waals surface area (Å²) in [4.78, 5) is 37.7. The van der Waals surface area contributed by atoms with Crippen LogP contribution in [0.2, 0.25) is 0 Å². The molecule has 0 spiro atoms. The van der Waals surface area contributed by atoms with E-state index in [0.717, 1.165) is 11.3 Å². The summed E-state index contributed by atoms with van der Waals surface area (Å²) >= 11 is 0. The Kier molecular flexibility index (Phi) is 5.02. The lowest BCUT2D eigenvalue weighted by Gasteiger charge is -2.26. The van der Waals surface area contributed by atoms with E-state index in [1.165, 1.54) is 4.90 Å². The lowest BCUT2D eigenvalue weighted by Crippen LogP contribution is -2.35. The average molecular weight is 352 g/mol. The van der Waals surface area contributed by atoms with Gasteiger partial charge in [-0.15, -0.1) is 0 Å². The van der Waals surface area contributed by atoms with Crippen molar-refractivity contribution in [2.45, 2.75) is 19.8 Å². The van der Waals surface area contributed by atoms with E-state index in [2.05, 4.69) is 5.32 Å². The Hall–Kier alpha value is -3.15. The number of fused-ring (bicyclic) bond motifs is 1. The van der Waals surface area contributed by atoms with Gasteiger partial charge < -0.3 is 15.0 Å². The predicted molar refractivity (Wildman–Crippen MR) is 98.7 cm³/mol. The van der Waals surface area contributed by atoms with Gasteiger partial charge in [-0.05, 0) is 36.8 Å². The summed E-state index contributed by atoms with van der Waals surface area (Å²) in [6, 6.07) is 12.5. The molecule has 1 heterocycles. The number of nitrogens with zero attached hydrogens (tertiary/aromatic N) is 1. The fourth-order valence-electron chi connectivity index (χ4n) is 2.74. The van der Waals surface area contributed by atoms with Crippen molar-refractivity contribution in [3.05, 3.63) is 53.6 Å². The van der Waals surface area contributed by atoms with Crippen LogP contribution in [0.25, 0.3) is 0 Å². The Labute approximate surface area is 151 Å². The number of hydrogen-bond acceptors (Lipinski definition) is 4. The molecule has 1 N–H and O–H groups in total. The van der Waals surface area contributed by atoms with E-state index in [4.69, 9.17) is 4.74 Å². The van der Waals surface area contributed by atoms with Crippen LogP contribution in [0.1, 0.15) is 28.8 Å². The van der Waals surface area contributed by atoms with Gasteiger partial charge in [-0.3, -0.25) is 14.4 Å². The second-order valence-corrected chi connectivity index (χ2v) is 6.21. The molecule has 0 unspecified atom stereocenters. The molecular weight excluding hydrogens is 332 g/mol. The number of Topliss-reactive ketones (excluding diaryl/α,β-unsaturated/α-hetero) is 1. The van der Waals surface area contributed by atoms with Crippen molar-refractivity contribution < 1.29 is 19.1 Å². The number of amides is 2. The third kappa shape index (κ3) is 3.74. The number of ether oxygens (including phenoxy) is 1. The molecule has 6 heteroatoms. The van der Waals surface area contributed by atoms with E-state index in [-0.39, 0.29) is 37.0 Å². The highest BCUT2D eigenvalue weighted by atomic mass is 16.5. The molecule has 0 bridgehead atoms. The molecule has 0 atom stereocenters. The fourth-order valence-corrected chi connectivity index (χ4v) is 2.74. The molecule has 1 aliphatic heterocycles. The lowest BCUT2D eigenvalue weighted by molar-refractivity contribution is -0.121. The van der Waals surface area contributed by atoms with Crippen molar-refractivity contribution in [2.24, 2.45) is 0 Å². The highest BCUT2D eigenvalue weighted by Gasteiger charge is 2.23. The topological polar surface area (TPSA) is 75.7 Å². The van der Waals surface area contributed by atoms with Crippen molar-refractivity contribution in [3.8, 4) is 5.75 Å². The monoisotopic (exact) mass is 352 g/mol. The van der Waals surface area contributed by atoms with Crippen molar-refractivity contribution in [1.29, 1.82) is 0 Å². The standard InChI is InChI=1S/C20H20N2O4/c1-13-5-3-4-6-15(13)21-19(24)10-8-17(23)14-7-9-18-16(11-14)22(2)20(25)12-26-18/h3-7,9,11H,8,10,12H2,1-2H3,(H,21,24). The first-order valence-electron chi connectivity index (χ1n) is 8.38. The molecule has 2 aromatic rings. The van der Waals surface area contributed by atoms with E-state index >= 15 is 0 Å². The lowest BCUT2D eigenvalue weighted by atomic mass is 10.0. The second-order valence-electron chi connectivity index (χ2n) is 6.21. The van der Waals surface area contributed by atoms with Crippen LogP contribution < -0.4 is 15.0 Å². The van der Waals surface area contributed by atoms with Gasteiger partial charge in [-0.2, -0.15) is 0 Å². The van der Waals surface area contributed by atoms with Crippen LogP contribution in [0.5, 0.6) is 5.75 Å². The van der Waals surface area contributed by atoms with Gasteiger partial charge in [0.1, 0.15) is 5.75 Å². The van der Waals surface area contributed by atoms with Crippen LogP contribution in [-0.4, -0.2) is 31.3 Å². The molecule has 0 radical (unpaired) electrons. The molecule has 26 heavy (non-hydrogen) atoms. The Bertz CT molecular complexity index is 876. The number of anilines is 2. The maximum atomic E-state index is 12.4. The Morgan fingerprint density at radius 3 is 2.69 bits per heavy atom. The van der Waals surface area contributed by atoms with Crippen LogP contribution in [0, 0.1) is 6.92 Å². The zero-order valence-corrected chi connectivity index (χ0v) is 14.7. The molecule has 1 aliphatic rings. The van der Waals surface area contributed by atoms with Gasteiger partial charge in [-0.1, -0.05) is 18.2 Å². The number of rotatable bonds is 5. The number of aryl methyl sites for hydroxylation is 1. The quantitative estimate of drug-likeness (QED) is 0.840. The molecule has 0 aliphatic carbocycles. The molecule has 2 aromatic carbocycles. The van der Waals surface area contributed by atoms with Crippen LogP contribution in [0.15, 0.2) is 42.5 Å². The van der Waals surface area contributed by atoms with Crippen molar-refractivity contribution in [1.82, 2.24) is 0 Å². The zero-order chi connectivity index (χ0) is 18.7. The molecular formula is C20H20N2O4. The number of likely N-dealkylation sites (N-methyl/N-ethyl adjacent to an activating group) is 1. The summed E-state index contributed by atoms with van der Waals surface area (Å²) in [6.07, 6.45) is 0.185. The maximum Gasteiger partial charge on any atom is 0.264 e. The predicted octanol–water partition coefficient (Wildman–Crippen LogP) is 2.95. The first kappa shape index (κ1) is 17.7. The normalized spacial score (nSPS) is 13.0. The Morgan fingerprint density at radius 1 is 1.15 bits per heavy atom. The van der Waals surface area contributed by atoms with E-state index in [1.54, 1.807) is 25.2 Å². The molecule has 0 saturated carbocycles. The van der Waals surface area contributed by atoms with E-state index in [9.17, 15) is 14.4 Å². The van der Waals surface area contributed by atoms with Crippen molar-refractivity contribution in [2.75, 3.05) is 23.9 Å². The summed E-state index contributed by atoms with van der Waals surface area (Å²) in [6.45, 7) is 1.91. The molecule has 134 valence electrons. The minimum Gasteiger partial charge on any atom is -0.482 e. The number of para-hydroxylation sites is 1. The number of carbonyl (C=O) groups is 3. The minimum atomic E-state index is -0.207. The van der Waals surface area contributed by atoms with Gasteiger partial charge in [0.2, 0.25) is 5.91 Å². The average Bonchev–Trinajstić information content (AvgIpc) is 2.64. The summed E-state index contributed by atoms with van der Waals surface area (Å²) in [5, 5.41) is 2.82. The van der Waals surface area contributed by atoms with Crippen molar-refractivity contribution >= 4 is 29.0 Å². The largest absolute Gasteiger partial charge is 0.482 e. The number of nitrogens with one attached hydrogen (secondary N) is 1. The van der Waals surface area contributed by atoms with Crippen molar-refractivity contribution in [3.63, 3.8) is 0 Å². The molecule has 0 fully saturated rings. The summed E-state index contributed by atoms with van der Waals surface area (Å²) in [7, 11) is 1.65. The van der Waals surface area contributed by atoms with Gasteiger partial charge in [-0.25, -0.2) is 0 Å². The van der Waals surface area contributed by atoms with Gasteiger partial charge in [0.05, 0.1) is 5.69 Å². The third-order valence-electron chi connectivity index (χ3n) is 4.37. The first-order chi connectivity index (χ1) is 12.5. The van der Waals surface area contributed by atoms with Gasteiger partial charge in [0, 0.05) is 31.1 Å². The minimum absolute atomic E-state index is 0.00410. The summed E-state index contributed by atoms with van der Waals surface area (Å²) < 4.78 is 5.35. The molecule has 0 saturated heterocycles. The second kappa shape index (κ2) is 7.39. The number of ketones is 1. The highest BCUT2D eigenvalue weighted by molar-refractivity contribution is 6.03. The number of carbonyl (C=O) groups excluding carboxylic acids is 3. The van der Waals surface area contributed by atoms with Gasteiger partial charge in [0.15, 0.2) is 12.4 Å². The third-order valence-corrected chi connectivity index (χ3v) is 4.37. The number of benzene rings is 2.